The fourth-order valence-corrected chi connectivity index (χ4v) is 3.92. The molecular formula is C15H22N4OS. The van der Waals surface area contributed by atoms with Gasteiger partial charge in [-0.25, -0.2) is 4.98 Å². The van der Waals surface area contributed by atoms with Crippen molar-refractivity contribution in [1.29, 1.82) is 0 Å². The highest BCUT2D eigenvalue weighted by Gasteiger charge is 2.33. The molecule has 0 radical (unpaired) electrons. The van der Waals surface area contributed by atoms with E-state index >= 15 is 0 Å². The van der Waals surface area contributed by atoms with Crippen LogP contribution in [0, 0.1) is 19.8 Å². The van der Waals surface area contributed by atoms with Gasteiger partial charge in [-0.1, -0.05) is 0 Å². The Balaban J connectivity index is 1.67. The lowest BCUT2D eigenvalue weighted by Gasteiger charge is -2.29. The molecule has 1 amide bonds. The zero-order chi connectivity index (χ0) is 14.8. The van der Waals surface area contributed by atoms with Crippen molar-refractivity contribution in [3.63, 3.8) is 0 Å². The summed E-state index contributed by atoms with van der Waals surface area (Å²) in [6.07, 6.45) is 2.72. The molecule has 21 heavy (non-hydrogen) atoms. The maximum absolute atomic E-state index is 12.6. The number of nitrogens with zero attached hydrogens (tertiary/aromatic N) is 4. The first kappa shape index (κ1) is 14.6. The Hall–Kier alpha value is -1.30. The molecule has 0 N–H and O–H groups in total. The van der Waals surface area contributed by atoms with Crippen LogP contribution in [0.5, 0.6) is 0 Å². The number of anilines is 1. The summed E-state index contributed by atoms with van der Waals surface area (Å²) in [6, 6.07) is 0. The number of aromatic nitrogens is 2. The van der Waals surface area contributed by atoms with Gasteiger partial charge in [0.15, 0.2) is 0 Å². The number of rotatable bonds is 2. The molecular weight excluding hydrogens is 284 g/mol. The van der Waals surface area contributed by atoms with Gasteiger partial charge in [-0.2, -0.15) is 11.8 Å². The number of aryl methyl sites for hydroxylation is 2. The van der Waals surface area contributed by atoms with Crippen molar-refractivity contribution in [2.45, 2.75) is 20.3 Å². The topological polar surface area (TPSA) is 49.3 Å². The molecule has 1 unspecified atom stereocenters. The Labute approximate surface area is 130 Å². The van der Waals surface area contributed by atoms with E-state index in [0.717, 1.165) is 61.3 Å². The fourth-order valence-electron chi connectivity index (χ4n) is 3.02. The van der Waals surface area contributed by atoms with Crippen LogP contribution in [-0.2, 0) is 4.79 Å². The highest BCUT2D eigenvalue weighted by Crippen LogP contribution is 2.26. The van der Waals surface area contributed by atoms with Crippen LogP contribution >= 0.6 is 11.8 Å². The number of carbonyl (C=O) groups is 1. The Bertz CT molecular complexity index is 530. The first-order chi connectivity index (χ1) is 10.1. The van der Waals surface area contributed by atoms with E-state index in [-0.39, 0.29) is 5.92 Å². The minimum atomic E-state index is 0.120. The third-order valence-electron chi connectivity index (χ3n) is 4.21. The van der Waals surface area contributed by atoms with E-state index in [4.69, 9.17) is 0 Å². The molecule has 1 aromatic heterocycles. The van der Waals surface area contributed by atoms with E-state index in [9.17, 15) is 4.79 Å². The minimum absolute atomic E-state index is 0.120. The quantitative estimate of drug-likeness (QED) is 0.828. The van der Waals surface area contributed by atoms with E-state index in [0.29, 0.717) is 5.91 Å². The second-order valence-electron chi connectivity index (χ2n) is 5.79. The summed E-state index contributed by atoms with van der Waals surface area (Å²) in [6.45, 7) is 7.44. The molecule has 5 nitrogen and oxygen atoms in total. The van der Waals surface area contributed by atoms with Crippen molar-refractivity contribution in [3.8, 4) is 0 Å². The second-order valence-corrected chi connectivity index (χ2v) is 7.01. The summed E-state index contributed by atoms with van der Waals surface area (Å²) >= 11 is 1.94. The molecule has 3 rings (SSSR count). The third-order valence-corrected chi connectivity index (χ3v) is 5.15. The maximum Gasteiger partial charge on any atom is 0.227 e. The van der Waals surface area contributed by atoms with Crippen molar-refractivity contribution >= 4 is 23.5 Å². The summed E-state index contributed by atoms with van der Waals surface area (Å²) in [5, 5.41) is 0. The van der Waals surface area contributed by atoms with Gasteiger partial charge in [-0.05, 0) is 20.3 Å². The van der Waals surface area contributed by atoms with Gasteiger partial charge in [-0.15, -0.1) is 0 Å². The summed E-state index contributed by atoms with van der Waals surface area (Å²) < 4.78 is 0. The SMILES string of the molecule is Cc1cnc(C)c(N2CCC(C(=O)N3CCSCC3)C2)n1. The molecule has 1 aromatic rings. The van der Waals surface area contributed by atoms with Gasteiger partial charge < -0.3 is 9.80 Å². The van der Waals surface area contributed by atoms with Crippen molar-refractivity contribution in [2.24, 2.45) is 5.92 Å². The molecule has 2 saturated heterocycles. The molecule has 0 aromatic carbocycles. The predicted molar refractivity (Wildman–Crippen MR) is 85.7 cm³/mol. The largest absolute Gasteiger partial charge is 0.354 e. The van der Waals surface area contributed by atoms with Gasteiger partial charge >= 0.3 is 0 Å². The molecule has 2 fully saturated rings. The first-order valence-corrected chi connectivity index (χ1v) is 8.72. The third kappa shape index (κ3) is 3.15. The van der Waals surface area contributed by atoms with Crippen molar-refractivity contribution in [3.05, 3.63) is 17.6 Å². The lowest BCUT2D eigenvalue weighted by molar-refractivity contribution is -0.134. The second kappa shape index (κ2) is 6.22. The summed E-state index contributed by atoms with van der Waals surface area (Å²) in [4.78, 5) is 25.8. The number of hydrogen-bond donors (Lipinski definition) is 0. The Kier molecular flexibility index (Phi) is 4.33. The smallest absolute Gasteiger partial charge is 0.227 e. The van der Waals surface area contributed by atoms with Crippen LogP contribution in [-0.4, -0.2) is 58.5 Å². The van der Waals surface area contributed by atoms with Crippen molar-refractivity contribution in [2.75, 3.05) is 42.6 Å². The summed E-state index contributed by atoms with van der Waals surface area (Å²) in [5.74, 6) is 3.54. The van der Waals surface area contributed by atoms with E-state index in [1.165, 1.54) is 0 Å². The monoisotopic (exact) mass is 306 g/mol. The molecule has 114 valence electrons. The van der Waals surface area contributed by atoms with E-state index in [1.54, 1.807) is 6.20 Å². The molecule has 0 bridgehead atoms. The predicted octanol–water partition coefficient (Wildman–Crippen LogP) is 1.50. The van der Waals surface area contributed by atoms with Crippen LogP contribution in [0.2, 0.25) is 0 Å². The number of amides is 1. The van der Waals surface area contributed by atoms with Crippen LogP contribution in [0.15, 0.2) is 6.20 Å². The number of thioether (sulfide) groups is 1. The minimum Gasteiger partial charge on any atom is -0.354 e. The Morgan fingerprint density at radius 3 is 2.81 bits per heavy atom. The average molecular weight is 306 g/mol. The van der Waals surface area contributed by atoms with Crippen LogP contribution in [0.25, 0.3) is 0 Å². The average Bonchev–Trinajstić information content (AvgIpc) is 2.99. The van der Waals surface area contributed by atoms with Crippen LogP contribution in [0.3, 0.4) is 0 Å². The summed E-state index contributed by atoms with van der Waals surface area (Å²) in [7, 11) is 0. The van der Waals surface area contributed by atoms with E-state index < -0.39 is 0 Å². The highest BCUT2D eigenvalue weighted by atomic mass is 32.2. The van der Waals surface area contributed by atoms with Gasteiger partial charge in [0, 0.05) is 43.9 Å². The highest BCUT2D eigenvalue weighted by molar-refractivity contribution is 7.99. The summed E-state index contributed by atoms with van der Waals surface area (Å²) in [5.41, 5.74) is 1.88. The van der Waals surface area contributed by atoms with Crippen molar-refractivity contribution < 1.29 is 4.79 Å². The lowest BCUT2D eigenvalue weighted by atomic mass is 10.1. The van der Waals surface area contributed by atoms with Crippen molar-refractivity contribution in [1.82, 2.24) is 14.9 Å². The molecule has 3 heterocycles. The molecule has 0 spiro atoms. The normalized spacial score (nSPS) is 22.7. The van der Waals surface area contributed by atoms with Crippen LogP contribution in [0.4, 0.5) is 5.82 Å². The first-order valence-electron chi connectivity index (χ1n) is 7.57. The molecule has 2 aliphatic heterocycles. The fraction of sp³-hybridized carbons (Fsp3) is 0.667. The lowest BCUT2D eigenvalue weighted by Crippen LogP contribution is -2.42. The van der Waals surface area contributed by atoms with Gasteiger partial charge in [-0.3, -0.25) is 9.78 Å². The standard InChI is InChI=1S/C15H22N4OS/c1-11-9-16-12(2)14(17-11)19-4-3-13(10-19)15(20)18-5-7-21-8-6-18/h9,13H,3-8,10H2,1-2H3. The maximum atomic E-state index is 12.6. The molecule has 6 heteroatoms. The van der Waals surface area contributed by atoms with Gasteiger partial charge in [0.2, 0.25) is 5.91 Å². The molecule has 0 aliphatic carbocycles. The zero-order valence-corrected chi connectivity index (χ0v) is 13.5. The molecule has 1 atom stereocenters. The van der Waals surface area contributed by atoms with Crippen LogP contribution < -0.4 is 4.90 Å². The van der Waals surface area contributed by atoms with Crippen LogP contribution in [0.1, 0.15) is 17.8 Å². The zero-order valence-electron chi connectivity index (χ0n) is 12.7. The number of carbonyl (C=O) groups excluding carboxylic acids is 1. The van der Waals surface area contributed by atoms with Gasteiger partial charge in [0.1, 0.15) is 5.82 Å². The Morgan fingerprint density at radius 1 is 1.29 bits per heavy atom. The van der Waals surface area contributed by atoms with E-state index in [1.807, 2.05) is 30.5 Å². The Morgan fingerprint density at radius 2 is 2.05 bits per heavy atom. The van der Waals surface area contributed by atoms with Gasteiger partial charge in [0.25, 0.3) is 0 Å². The van der Waals surface area contributed by atoms with E-state index in [2.05, 4.69) is 14.9 Å². The molecule has 2 aliphatic rings. The number of hydrogen-bond acceptors (Lipinski definition) is 5. The van der Waals surface area contributed by atoms with Gasteiger partial charge in [0.05, 0.1) is 17.3 Å². The molecule has 0 saturated carbocycles.